The fourth-order valence-electron chi connectivity index (χ4n) is 1.96. The summed E-state index contributed by atoms with van der Waals surface area (Å²) in [7, 11) is 0. The second-order valence-electron chi connectivity index (χ2n) is 5.54. The molecule has 20 heavy (non-hydrogen) atoms. The Hall–Kier alpha value is -1.41. The molecule has 1 nitrogen and oxygen atoms in total. The predicted octanol–water partition coefficient (Wildman–Crippen LogP) is 5.89. The van der Waals surface area contributed by atoms with Gasteiger partial charge in [0.15, 0.2) is 0 Å². The van der Waals surface area contributed by atoms with Crippen LogP contribution in [0.2, 0.25) is 0 Å². The molecule has 0 aromatic heterocycles. The number of ether oxygens (including phenoxy) is 1. The molecule has 2 aromatic carbocycles. The Morgan fingerprint density at radius 3 is 1.85 bits per heavy atom. The quantitative estimate of drug-likeness (QED) is 0.634. The molecule has 0 atom stereocenters. The van der Waals surface area contributed by atoms with Crippen molar-refractivity contribution in [1.29, 1.82) is 0 Å². The van der Waals surface area contributed by atoms with Gasteiger partial charge in [0.1, 0.15) is 11.5 Å². The first-order valence-corrected chi connectivity index (χ1v) is 8.20. The maximum atomic E-state index is 5.87. The zero-order valence-electron chi connectivity index (χ0n) is 12.6. The third kappa shape index (κ3) is 3.57. The van der Waals surface area contributed by atoms with Crippen molar-refractivity contribution in [3.8, 4) is 11.5 Å². The Kier molecular flexibility index (Phi) is 4.77. The highest BCUT2D eigenvalue weighted by atomic mass is 32.2. The lowest BCUT2D eigenvalue weighted by Crippen LogP contribution is -2.14. The van der Waals surface area contributed by atoms with Crippen LogP contribution in [0.15, 0.2) is 53.4 Å². The summed E-state index contributed by atoms with van der Waals surface area (Å²) in [4.78, 5) is 1.25. The maximum absolute atomic E-state index is 5.87. The van der Waals surface area contributed by atoms with Gasteiger partial charge in [-0.2, -0.15) is 0 Å². The standard InChI is InChI=1S/C18H22OS/c1-5-18(2,3)14-6-8-15(9-7-14)19-16-10-12-17(20-4)13-11-16/h6-13H,5H2,1-4H3. The van der Waals surface area contributed by atoms with Crippen LogP contribution < -0.4 is 4.74 Å². The SMILES string of the molecule is CCC(C)(C)c1ccc(Oc2ccc(SC)cc2)cc1. The molecule has 0 saturated heterocycles. The average molecular weight is 286 g/mol. The van der Waals surface area contributed by atoms with Gasteiger partial charge in [-0.15, -0.1) is 11.8 Å². The fourth-order valence-corrected chi connectivity index (χ4v) is 2.37. The highest BCUT2D eigenvalue weighted by molar-refractivity contribution is 7.98. The van der Waals surface area contributed by atoms with Crippen molar-refractivity contribution in [2.24, 2.45) is 0 Å². The van der Waals surface area contributed by atoms with Gasteiger partial charge in [-0.3, -0.25) is 0 Å². The zero-order valence-corrected chi connectivity index (χ0v) is 13.5. The lowest BCUT2D eigenvalue weighted by Gasteiger charge is -2.23. The van der Waals surface area contributed by atoms with Crippen molar-refractivity contribution in [3.05, 3.63) is 54.1 Å². The summed E-state index contributed by atoms with van der Waals surface area (Å²) in [6, 6.07) is 16.6. The van der Waals surface area contributed by atoms with Crippen LogP contribution in [0.25, 0.3) is 0 Å². The van der Waals surface area contributed by atoms with E-state index in [1.165, 1.54) is 10.5 Å². The van der Waals surface area contributed by atoms with Gasteiger partial charge in [-0.1, -0.05) is 32.9 Å². The third-order valence-corrected chi connectivity index (χ3v) is 4.56. The lowest BCUT2D eigenvalue weighted by atomic mass is 9.82. The van der Waals surface area contributed by atoms with Crippen LogP contribution >= 0.6 is 11.8 Å². The molecule has 2 aromatic rings. The lowest BCUT2D eigenvalue weighted by molar-refractivity contribution is 0.478. The van der Waals surface area contributed by atoms with E-state index in [1.54, 1.807) is 11.8 Å². The Bertz CT molecular complexity index is 541. The van der Waals surface area contributed by atoms with Crippen molar-refractivity contribution < 1.29 is 4.74 Å². The van der Waals surface area contributed by atoms with Crippen LogP contribution in [0.3, 0.4) is 0 Å². The van der Waals surface area contributed by atoms with E-state index in [-0.39, 0.29) is 5.41 Å². The fraction of sp³-hybridized carbons (Fsp3) is 0.333. The Labute approximate surface area is 126 Å². The molecule has 0 aliphatic rings. The van der Waals surface area contributed by atoms with Crippen LogP contribution in [-0.2, 0) is 5.41 Å². The first-order valence-electron chi connectivity index (χ1n) is 6.97. The Morgan fingerprint density at radius 2 is 1.40 bits per heavy atom. The molecule has 0 unspecified atom stereocenters. The highest BCUT2D eigenvalue weighted by Gasteiger charge is 2.17. The van der Waals surface area contributed by atoms with Crippen LogP contribution in [-0.4, -0.2) is 6.26 Å². The van der Waals surface area contributed by atoms with Crippen LogP contribution in [0.4, 0.5) is 0 Å². The number of hydrogen-bond acceptors (Lipinski definition) is 2. The van der Waals surface area contributed by atoms with Gasteiger partial charge < -0.3 is 4.74 Å². The summed E-state index contributed by atoms with van der Waals surface area (Å²) in [5, 5.41) is 0. The summed E-state index contributed by atoms with van der Waals surface area (Å²) in [6.07, 6.45) is 3.20. The van der Waals surface area contributed by atoms with Crippen LogP contribution in [0.5, 0.6) is 11.5 Å². The van der Waals surface area contributed by atoms with Crippen LogP contribution in [0.1, 0.15) is 32.8 Å². The van der Waals surface area contributed by atoms with Crippen molar-refractivity contribution in [2.45, 2.75) is 37.5 Å². The number of hydrogen-bond donors (Lipinski definition) is 0. The van der Waals surface area contributed by atoms with Gasteiger partial charge in [0.05, 0.1) is 0 Å². The Balaban J connectivity index is 2.10. The smallest absolute Gasteiger partial charge is 0.127 e. The topological polar surface area (TPSA) is 9.23 Å². The van der Waals surface area contributed by atoms with Gasteiger partial charge in [0.25, 0.3) is 0 Å². The monoisotopic (exact) mass is 286 g/mol. The molecule has 2 rings (SSSR count). The molecule has 2 heteroatoms. The molecule has 0 heterocycles. The molecule has 106 valence electrons. The normalized spacial score (nSPS) is 11.4. The predicted molar refractivity (Wildman–Crippen MR) is 88.1 cm³/mol. The maximum Gasteiger partial charge on any atom is 0.127 e. The zero-order chi connectivity index (χ0) is 14.6. The molecule has 0 amide bonds. The number of thioether (sulfide) groups is 1. The molecule has 0 N–H and O–H groups in total. The van der Waals surface area contributed by atoms with Crippen molar-refractivity contribution in [3.63, 3.8) is 0 Å². The number of benzene rings is 2. The van der Waals surface area contributed by atoms with Crippen molar-refractivity contribution >= 4 is 11.8 Å². The second kappa shape index (κ2) is 6.36. The van der Waals surface area contributed by atoms with E-state index in [0.29, 0.717) is 0 Å². The van der Waals surface area contributed by atoms with E-state index in [4.69, 9.17) is 4.74 Å². The molecule has 0 bridgehead atoms. The Morgan fingerprint density at radius 1 is 0.900 bits per heavy atom. The summed E-state index contributed by atoms with van der Waals surface area (Å²) in [6.45, 7) is 6.76. The van der Waals surface area contributed by atoms with Gasteiger partial charge in [0.2, 0.25) is 0 Å². The van der Waals surface area contributed by atoms with Gasteiger partial charge >= 0.3 is 0 Å². The third-order valence-electron chi connectivity index (χ3n) is 3.81. The van der Waals surface area contributed by atoms with E-state index < -0.39 is 0 Å². The average Bonchev–Trinajstić information content (AvgIpc) is 2.48. The van der Waals surface area contributed by atoms with E-state index in [0.717, 1.165) is 17.9 Å². The van der Waals surface area contributed by atoms with E-state index in [9.17, 15) is 0 Å². The minimum atomic E-state index is 0.221. The van der Waals surface area contributed by atoms with Gasteiger partial charge in [-0.25, -0.2) is 0 Å². The summed E-state index contributed by atoms with van der Waals surface area (Å²) < 4.78 is 5.87. The molecule has 0 aliphatic carbocycles. The van der Waals surface area contributed by atoms with Crippen LogP contribution in [0, 0.1) is 0 Å². The van der Waals surface area contributed by atoms with E-state index in [1.807, 2.05) is 12.1 Å². The molecule has 0 aliphatic heterocycles. The molecule has 0 spiro atoms. The summed E-state index contributed by atoms with van der Waals surface area (Å²) in [5.41, 5.74) is 1.57. The summed E-state index contributed by atoms with van der Waals surface area (Å²) in [5.74, 6) is 1.77. The number of rotatable bonds is 5. The van der Waals surface area contributed by atoms with E-state index in [2.05, 4.69) is 63.4 Å². The summed E-state index contributed by atoms with van der Waals surface area (Å²) >= 11 is 1.74. The van der Waals surface area contributed by atoms with Crippen molar-refractivity contribution in [2.75, 3.05) is 6.26 Å². The second-order valence-corrected chi connectivity index (χ2v) is 6.42. The molecule has 0 fully saturated rings. The molecule has 0 radical (unpaired) electrons. The minimum Gasteiger partial charge on any atom is -0.457 e. The molecule has 0 saturated carbocycles. The first kappa shape index (κ1) is 15.0. The highest BCUT2D eigenvalue weighted by Crippen LogP contribution is 2.30. The van der Waals surface area contributed by atoms with E-state index >= 15 is 0 Å². The minimum absolute atomic E-state index is 0.221. The van der Waals surface area contributed by atoms with Gasteiger partial charge in [0, 0.05) is 4.90 Å². The van der Waals surface area contributed by atoms with Crippen molar-refractivity contribution in [1.82, 2.24) is 0 Å². The molecular weight excluding hydrogens is 264 g/mol. The first-order chi connectivity index (χ1) is 9.55. The molecular formula is C18H22OS. The largest absolute Gasteiger partial charge is 0.457 e. The van der Waals surface area contributed by atoms with Gasteiger partial charge in [-0.05, 0) is 60.1 Å².